The number of aromatic amines is 2. The largest absolute Gasteiger partial charge is 0.328 e. The Hall–Kier alpha value is -1.93. The maximum atomic E-state index is 12.6. The van der Waals surface area contributed by atoms with Gasteiger partial charge in [0.2, 0.25) is 15.6 Å². The van der Waals surface area contributed by atoms with Crippen molar-refractivity contribution in [2.75, 3.05) is 13.1 Å². The van der Waals surface area contributed by atoms with Crippen molar-refractivity contribution >= 4 is 10.0 Å². The highest BCUT2D eigenvalue weighted by Gasteiger charge is 2.31. The Morgan fingerprint density at radius 1 is 1.29 bits per heavy atom. The molecular weight excluding hydrogens is 292 g/mol. The van der Waals surface area contributed by atoms with Gasteiger partial charge >= 0.3 is 0 Å². The summed E-state index contributed by atoms with van der Waals surface area (Å²) >= 11 is 0. The molecule has 0 saturated carbocycles. The van der Waals surface area contributed by atoms with Crippen LogP contribution in [0.3, 0.4) is 0 Å². The van der Waals surface area contributed by atoms with E-state index in [-0.39, 0.29) is 16.4 Å². The lowest BCUT2D eigenvalue weighted by molar-refractivity contribution is 0.312. The summed E-state index contributed by atoms with van der Waals surface area (Å²) in [7, 11) is -3.57. The molecule has 0 radical (unpaired) electrons. The summed E-state index contributed by atoms with van der Waals surface area (Å²) in [5.74, 6) is 0.124. The Labute approximate surface area is 122 Å². The summed E-state index contributed by atoms with van der Waals surface area (Å²) in [6, 6.07) is 4.44. The average Bonchev–Trinajstić information content (AvgIpc) is 3.02. The van der Waals surface area contributed by atoms with Crippen LogP contribution in [0.5, 0.6) is 0 Å². The summed E-state index contributed by atoms with van der Waals surface area (Å²) in [4.78, 5) is 13.6. The molecule has 3 rings (SSSR count). The Kier molecular flexibility index (Phi) is 3.64. The zero-order valence-electron chi connectivity index (χ0n) is 11.3. The van der Waals surface area contributed by atoms with Gasteiger partial charge in [-0.25, -0.2) is 8.42 Å². The van der Waals surface area contributed by atoms with Crippen LogP contribution in [-0.4, -0.2) is 41.0 Å². The van der Waals surface area contributed by atoms with E-state index in [4.69, 9.17) is 0 Å². The fourth-order valence-electron chi connectivity index (χ4n) is 2.61. The molecule has 1 atom stereocenters. The highest BCUT2D eigenvalue weighted by molar-refractivity contribution is 7.89. The first-order chi connectivity index (χ1) is 10.1. The van der Waals surface area contributed by atoms with E-state index in [1.807, 2.05) is 6.07 Å². The normalized spacial score (nSPS) is 20.5. The highest BCUT2D eigenvalue weighted by Crippen LogP contribution is 2.28. The maximum Gasteiger partial charge on any atom is 0.247 e. The second-order valence-corrected chi connectivity index (χ2v) is 7.04. The number of hydrogen-bond acceptors (Lipinski definition) is 4. The van der Waals surface area contributed by atoms with Crippen molar-refractivity contribution in [2.24, 2.45) is 0 Å². The molecule has 21 heavy (non-hydrogen) atoms. The van der Waals surface area contributed by atoms with Gasteiger partial charge in [0.15, 0.2) is 0 Å². The molecule has 2 aromatic heterocycles. The quantitative estimate of drug-likeness (QED) is 0.870. The molecule has 2 N–H and O–H groups in total. The molecule has 0 bridgehead atoms. The summed E-state index contributed by atoms with van der Waals surface area (Å²) in [5.41, 5.74) is 0.638. The number of pyridine rings is 1. The number of aromatic nitrogens is 3. The monoisotopic (exact) mass is 308 g/mol. The number of sulfonamides is 1. The van der Waals surface area contributed by atoms with Gasteiger partial charge < -0.3 is 4.98 Å². The van der Waals surface area contributed by atoms with E-state index in [2.05, 4.69) is 15.2 Å². The molecule has 1 fully saturated rings. The fraction of sp³-hybridized carbons (Fsp3) is 0.385. The first-order valence-corrected chi connectivity index (χ1v) is 8.19. The zero-order valence-corrected chi connectivity index (χ0v) is 12.1. The lowest BCUT2D eigenvalue weighted by Gasteiger charge is -2.31. The molecule has 1 unspecified atom stereocenters. The number of rotatable bonds is 3. The first kappa shape index (κ1) is 14.0. The zero-order chi connectivity index (χ0) is 14.9. The van der Waals surface area contributed by atoms with Gasteiger partial charge in [0, 0.05) is 43.2 Å². The number of piperidine rings is 1. The van der Waals surface area contributed by atoms with Crippen LogP contribution >= 0.6 is 0 Å². The highest BCUT2D eigenvalue weighted by atomic mass is 32.2. The van der Waals surface area contributed by atoms with Crippen LogP contribution in [0.25, 0.3) is 0 Å². The minimum atomic E-state index is -3.57. The molecule has 1 saturated heterocycles. The van der Waals surface area contributed by atoms with Gasteiger partial charge in [-0.15, -0.1) is 0 Å². The van der Waals surface area contributed by atoms with E-state index in [1.165, 1.54) is 22.6 Å². The SMILES string of the molecule is O=c1ccc(S(=O)(=O)N2CCCC(c3ccn[nH]3)C2)c[nH]1. The fourth-order valence-corrected chi connectivity index (χ4v) is 4.11. The van der Waals surface area contributed by atoms with Crippen molar-refractivity contribution in [2.45, 2.75) is 23.7 Å². The third kappa shape index (κ3) is 2.77. The van der Waals surface area contributed by atoms with Crippen molar-refractivity contribution in [3.05, 3.63) is 46.6 Å². The van der Waals surface area contributed by atoms with Gasteiger partial charge in [-0.05, 0) is 25.0 Å². The predicted octanol–water partition coefficient (Wildman–Crippen LogP) is 0.666. The van der Waals surface area contributed by atoms with Gasteiger partial charge in [0.25, 0.3) is 0 Å². The molecule has 3 heterocycles. The molecule has 0 spiro atoms. The third-order valence-electron chi connectivity index (χ3n) is 3.74. The Balaban J connectivity index is 1.85. The van der Waals surface area contributed by atoms with E-state index in [9.17, 15) is 13.2 Å². The maximum absolute atomic E-state index is 12.6. The van der Waals surface area contributed by atoms with Crippen LogP contribution in [-0.2, 0) is 10.0 Å². The van der Waals surface area contributed by atoms with Gasteiger partial charge in [0.05, 0.1) is 4.90 Å². The third-order valence-corrected chi connectivity index (χ3v) is 5.60. The predicted molar refractivity (Wildman–Crippen MR) is 76.4 cm³/mol. The summed E-state index contributed by atoms with van der Waals surface area (Å²) < 4.78 is 26.7. The number of nitrogens with one attached hydrogen (secondary N) is 2. The average molecular weight is 308 g/mol. The summed E-state index contributed by atoms with van der Waals surface area (Å²) in [5, 5.41) is 6.83. The van der Waals surface area contributed by atoms with Gasteiger partial charge in [-0.2, -0.15) is 9.40 Å². The molecule has 0 amide bonds. The van der Waals surface area contributed by atoms with Crippen molar-refractivity contribution < 1.29 is 8.42 Å². The first-order valence-electron chi connectivity index (χ1n) is 6.75. The van der Waals surface area contributed by atoms with Crippen LogP contribution in [0.4, 0.5) is 0 Å². The van der Waals surface area contributed by atoms with E-state index in [1.54, 1.807) is 6.20 Å². The molecule has 8 heteroatoms. The van der Waals surface area contributed by atoms with E-state index in [0.29, 0.717) is 13.1 Å². The summed E-state index contributed by atoms with van der Waals surface area (Å²) in [6.45, 7) is 0.912. The lowest BCUT2D eigenvalue weighted by Crippen LogP contribution is -2.39. The van der Waals surface area contributed by atoms with Crippen LogP contribution in [0.1, 0.15) is 24.5 Å². The topological polar surface area (TPSA) is 98.9 Å². The summed E-state index contributed by atoms with van der Waals surface area (Å²) in [6.07, 6.45) is 4.65. The van der Waals surface area contributed by atoms with Gasteiger partial charge in [-0.1, -0.05) is 0 Å². The molecule has 0 aromatic carbocycles. The van der Waals surface area contributed by atoms with Gasteiger partial charge in [0.1, 0.15) is 0 Å². The Bertz CT molecular complexity index is 746. The van der Waals surface area contributed by atoms with E-state index < -0.39 is 10.0 Å². The van der Waals surface area contributed by atoms with Crippen molar-refractivity contribution in [1.29, 1.82) is 0 Å². The smallest absolute Gasteiger partial charge is 0.247 e. The van der Waals surface area contributed by atoms with Crippen molar-refractivity contribution in [3.63, 3.8) is 0 Å². The van der Waals surface area contributed by atoms with Crippen LogP contribution in [0, 0.1) is 0 Å². The van der Waals surface area contributed by atoms with Crippen LogP contribution in [0.2, 0.25) is 0 Å². The van der Waals surface area contributed by atoms with Gasteiger partial charge in [-0.3, -0.25) is 9.89 Å². The van der Waals surface area contributed by atoms with E-state index >= 15 is 0 Å². The second-order valence-electron chi connectivity index (χ2n) is 5.10. The number of nitrogens with zero attached hydrogens (tertiary/aromatic N) is 2. The minimum Gasteiger partial charge on any atom is -0.328 e. The van der Waals surface area contributed by atoms with Crippen LogP contribution < -0.4 is 5.56 Å². The molecule has 1 aliphatic rings. The second kappa shape index (κ2) is 5.45. The molecule has 0 aliphatic carbocycles. The van der Waals surface area contributed by atoms with Crippen molar-refractivity contribution in [3.8, 4) is 0 Å². The molecular formula is C13H16N4O3S. The number of H-pyrrole nitrogens is 2. The standard InChI is InChI=1S/C13H16N4O3S/c18-13-4-3-11(8-14-13)21(19,20)17-7-1-2-10(9-17)12-5-6-15-16-12/h3-6,8,10H,1-2,7,9H2,(H,14,18)(H,15,16). The molecule has 2 aromatic rings. The molecule has 1 aliphatic heterocycles. The minimum absolute atomic E-state index is 0.118. The Morgan fingerprint density at radius 2 is 2.14 bits per heavy atom. The van der Waals surface area contributed by atoms with E-state index in [0.717, 1.165) is 18.5 Å². The lowest BCUT2D eigenvalue weighted by atomic mass is 9.96. The van der Waals surface area contributed by atoms with Crippen LogP contribution in [0.15, 0.2) is 40.3 Å². The number of hydrogen-bond donors (Lipinski definition) is 2. The molecule has 7 nitrogen and oxygen atoms in total. The Morgan fingerprint density at radius 3 is 2.81 bits per heavy atom. The van der Waals surface area contributed by atoms with Crippen molar-refractivity contribution in [1.82, 2.24) is 19.5 Å². The molecule has 112 valence electrons.